The molecule has 1 aromatic rings. The van der Waals surface area contributed by atoms with Crippen molar-refractivity contribution in [2.45, 2.75) is 45.5 Å². The van der Waals surface area contributed by atoms with E-state index in [1.807, 2.05) is 45.9 Å². The van der Waals surface area contributed by atoms with Gasteiger partial charge in [-0.3, -0.25) is 4.98 Å². The molecule has 0 unspecified atom stereocenters. The first-order valence-corrected chi connectivity index (χ1v) is 5.78. The Labute approximate surface area is 102 Å². The molecule has 1 aliphatic rings. The SMILES string of the molecule is CC1(C)OB(OCc2ccccn2)OC1(C)C. The summed E-state index contributed by atoms with van der Waals surface area (Å²) in [6, 6.07) is 5.71. The maximum Gasteiger partial charge on any atom is 0.640 e. The second-order valence-corrected chi connectivity index (χ2v) is 5.18. The lowest BCUT2D eigenvalue weighted by molar-refractivity contribution is 0.00578. The van der Waals surface area contributed by atoms with E-state index >= 15 is 0 Å². The summed E-state index contributed by atoms with van der Waals surface area (Å²) in [7, 11) is -0.623. The van der Waals surface area contributed by atoms with Crippen molar-refractivity contribution >= 4 is 7.32 Å². The molecular formula is C12H18BNO3. The zero-order chi connectivity index (χ0) is 12.5. The van der Waals surface area contributed by atoms with E-state index in [4.69, 9.17) is 14.0 Å². The minimum atomic E-state index is -0.623. The molecule has 0 saturated carbocycles. The highest BCUT2D eigenvalue weighted by atomic mass is 16.8. The first kappa shape index (κ1) is 12.5. The summed E-state index contributed by atoms with van der Waals surface area (Å²) in [6.45, 7) is 8.38. The van der Waals surface area contributed by atoms with Crippen LogP contribution in [0.3, 0.4) is 0 Å². The van der Waals surface area contributed by atoms with Crippen LogP contribution in [0.1, 0.15) is 33.4 Å². The standard InChI is InChI=1S/C12H18BNO3/c1-11(2)12(3,4)17-13(16-11)15-9-10-7-5-6-8-14-10/h5-8H,9H2,1-4H3. The van der Waals surface area contributed by atoms with E-state index in [9.17, 15) is 0 Å². The van der Waals surface area contributed by atoms with Crippen LogP contribution in [0.25, 0.3) is 0 Å². The van der Waals surface area contributed by atoms with Crippen molar-refractivity contribution in [1.82, 2.24) is 4.98 Å². The third kappa shape index (κ3) is 2.68. The molecule has 1 fully saturated rings. The Morgan fingerprint density at radius 1 is 1.18 bits per heavy atom. The van der Waals surface area contributed by atoms with Crippen LogP contribution < -0.4 is 0 Å². The molecule has 2 rings (SSSR count). The van der Waals surface area contributed by atoms with Crippen molar-refractivity contribution in [3.63, 3.8) is 0 Å². The molecule has 0 amide bonds. The van der Waals surface area contributed by atoms with Crippen molar-refractivity contribution in [2.24, 2.45) is 0 Å². The highest BCUT2D eigenvalue weighted by Gasteiger charge is 2.52. The van der Waals surface area contributed by atoms with Crippen molar-refractivity contribution in [3.8, 4) is 0 Å². The fraction of sp³-hybridized carbons (Fsp3) is 0.583. The third-order valence-corrected chi connectivity index (χ3v) is 3.33. The van der Waals surface area contributed by atoms with Crippen molar-refractivity contribution < 1.29 is 14.0 Å². The Kier molecular flexibility index (Phi) is 3.25. The first-order chi connectivity index (χ1) is 7.91. The largest absolute Gasteiger partial charge is 0.640 e. The monoisotopic (exact) mass is 235 g/mol. The van der Waals surface area contributed by atoms with Gasteiger partial charge in [-0.2, -0.15) is 0 Å². The number of pyridine rings is 1. The Morgan fingerprint density at radius 2 is 1.82 bits per heavy atom. The van der Waals surface area contributed by atoms with E-state index in [0.717, 1.165) is 5.69 Å². The molecular weight excluding hydrogens is 217 g/mol. The Morgan fingerprint density at radius 3 is 2.35 bits per heavy atom. The minimum Gasteiger partial charge on any atom is -0.380 e. The molecule has 0 radical (unpaired) electrons. The van der Waals surface area contributed by atoms with Gasteiger partial charge in [-0.25, -0.2) is 0 Å². The average molecular weight is 235 g/mol. The summed E-state index contributed by atoms with van der Waals surface area (Å²) < 4.78 is 17.0. The van der Waals surface area contributed by atoms with Crippen LogP contribution in [-0.4, -0.2) is 23.5 Å². The smallest absolute Gasteiger partial charge is 0.380 e. The number of hydrogen-bond donors (Lipinski definition) is 0. The molecule has 92 valence electrons. The normalized spacial score (nSPS) is 21.8. The van der Waals surface area contributed by atoms with Crippen LogP contribution in [0.2, 0.25) is 0 Å². The van der Waals surface area contributed by atoms with E-state index in [2.05, 4.69) is 4.98 Å². The van der Waals surface area contributed by atoms with Gasteiger partial charge < -0.3 is 14.0 Å². The lowest BCUT2D eigenvalue weighted by Gasteiger charge is -2.31. The molecule has 1 aliphatic heterocycles. The van der Waals surface area contributed by atoms with E-state index < -0.39 is 7.32 Å². The van der Waals surface area contributed by atoms with Crippen LogP contribution in [0.5, 0.6) is 0 Å². The second kappa shape index (κ2) is 4.40. The minimum absolute atomic E-state index is 0.359. The van der Waals surface area contributed by atoms with Gasteiger partial charge in [0.2, 0.25) is 0 Å². The molecule has 0 bridgehead atoms. The number of rotatable bonds is 3. The van der Waals surface area contributed by atoms with E-state index in [-0.39, 0.29) is 11.2 Å². The van der Waals surface area contributed by atoms with E-state index in [1.165, 1.54) is 0 Å². The zero-order valence-corrected chi connectivity index (χ0v) is 10.8. The molecule has 0 spiro atoms. The third-order valence-electron chi connectivity index (χ3n) is 3.33. The van der Waals surface area contributed by atoms with Gasteiger partial charge >= 0.3 is 7.32 Å². The molecule has 5 heteroatoms. The van der Waals surface area contributed by atoms with Crippen LogP contribution in [0.15, 0.2) is 24.4 Å². The molecule has 4 nitrogen and oxygen atoms in total. The molecule has 0 aliphatic carbocycles. The lowest BCUT2D eigenvalue weighted by Crippen LogP contribution is -2.41. The Bertz CT molecular complexity index is 365. The average Bonchev–Trinajstić information content (AvgIpc) is 2.46. The molecule has 0 atom stereocenters. The van der Waals surface area contributed by atoms with Crippen LogP contribution in [-0.2, 0) is 20.6 Å². The van der Waals surface area contributed by atoms with Gasteiger partial charge in [0.15, 0.2) is 0 Å². The molecule has 2 heterocycles. The molecule has 0 aromatic carbocycles. The fourth-order valence-electron chi connectivity index (χ4n) is 1.49. The summed E-state index contributed by atoms with van der Waals surface area (Å²) in [5.41, 5.74) is 0.144. The van der Waals surface area contributed by atoms with Gasteiger partial charge in [0.25, 0.3) is 0 Å². The van der Waals surface area contributed by atoms with Gasteiger partial charge in [0, 0.05) is 6.20 Å². The summed E-state index contributed by atoms with van der Waals surface area (Å²) in [5, 5.41) is 0. The van der Waals surface area contributed by atoms with Crippen LogP contribution >= 0.6 is 0 Å². The van der Waals surface area contributed by atoms with Gasteiger partial charge in [-0.05, 0) is 39.8 Å². The predicted molar refractivity (Wildman–Crippen MR) is 65.1 cm³/mol. The zero-order valence-electron chi connectivity index (χ0n) is 10.8. The van der Waals surface area contributed by atoms with Gasteiger partial charge in [-0.15, -0.1) is 0 Å². The van der Waals surface area contributed by atoms with E-state index in [1.54, 1.807) is 6.20 Å². The summed E-state index contributed by atoms with van der Waals surface area (Å²) in [5.74, 6) is 0. The maximum atomic E-state index is 5.71. The van der Waals surface area contributed by atoms with E-state index in [0.29, 0.717) is 6.61 Å². The lowest BCUT2D eigenvalue weighted by atomic mass is 9.90. The van der Waals surface area contributed by atoms with Crippen LogP contribution in [0, 0.1) is 0 Å². The van der Waals surface area contributed by atoms with Gasteiger partial charge in [0.05, 0.1) is 23.5 Å². The quantitative estimate of drug-likeness (QED) is 0.753. The molecule has 0 N–H and O–H groups in total. The Hall–Kier alpha value is -0.905. The Balaban J connectivity index is 1.91. The predicted octanol–water partition coefficient (Wildman–Crippen LogP) is 2.19. The maximum absolute atomic E-state index is 5.71. The first-order valence-electron chi connectivity index (χ1n) is 5.78. The van der Waals surface area contributed by atoms with Gasteiger partial charge in [0.1, 0.15) is 0 Å². The second-order valence-electron chi connectivity index (χ2n) is 5.18. The van der Waals surface area contributed by atoms with Gasteiger partial charge in [-0.1, -0.05) is 6.07 Å². The van der Waals surface area contributed by atoms with Crippen molar-refractivity contribution in [1.29, 1.82) is 0 Å². The summed E-state index contributed by atoms with van der Waals surface area (Å²) >= 11 is 0. The van der Waals surface area contributed by atoms with Crippen molar-refractivity contribution in [2.75, 3.05) is 0 Å². The summed E-state index contributed by atoms with van der Waals surface area (Å²) in [6.07, 6.45) is 1.74. The number of aromatic nitrogens is 1. The highest BCUT2D eigenvalue weighted by molar-refractivity contribution is 6.37. The molecule has 17 heavy (non-hydrogen) atoms. The number of nitrogens with zero attached hydrogens (tertiary/aromatic N) is 1. The fourth-order valence-corrected chi connectivity index (χ4v) is 1.49. The number of hydrogen-bond acceptors (Lipinski definition) is 4. The highest BCUT2D eigenvalue weighted by Crippen LogP contribution is 2.36. The molecule has 1 saturated heterocycles. The van der Waals surface area contributed by atoms with Crippen LogP contribution in [0.4, 0.5) is 0 Å². The molecule has 1 aromatic heterocycles. The summed E-state index contributed by atoms with van der Waals surface area (Å²) in [4.78, 5) is 4.18. The topological polar surface area (TPSA) is 40.6 Å². The van der Waals surface area contributed by atoms with Crippen molar-refractivity contribution in [3.05, 3.63) is 30.1 Å².